The number of hydrogen-bond donors (Lipinski definition) is 1. The molecule has 0 aliphatic carbocycles. The van der Waals surface area contributed by atoms with Crippen molar-refractivity contribution >= 4 is 11.6 Å². The van der Waals surface area contributed by atoms with Crippen LogP contribution in [0.5, 0.6) is 0 Å². The van der Waals surface area contributed by atoms with E-state index in [9.17, 15) is 9.18 Å². The summed E-state index contributed by atoms with van der Waals surface area (Å²) < 4.78 is 20.4. The van der Waals surface area contributed by atoms with E-state index >= 15 is 0 Å². The lowest BCUT2D eigenvalue weighted by Gasteiger charge is -2.19. The van der Waals surface area contributed by atoms with E-state index in [1.165, 1.54) is 29.2 Å². The van der Waals surface area contributed by atoms with Gasteiger partial charge in [0.05, 0.1) is 17.0 Å². The maximum atomic E-state index is 13.7. The lowest BCUT2D eigenvalue weighted by atomic mass is 10.2. The van der Waals surface area contributed by atoms with Crippen molar-refractivity contribution in [1.29, 1.82) is 0 Å². The summed E-state index contributed by atoms with van der Waals surface area (Å²) in [6, 6.07) is 4.19. The summed E-state index contributed by atoms with van der Waals surface area (Å²) in [4.78, 5) is 11.8. The highest BCUT2D eigenvalue weighted by molar-refractivity contribution is 5.92. The molecule has 1 amide bonds. The van der Waals surface area contributed by atoms with Crippen molar-refractivity contribution < 1.29 is 13.9 Å². The Balaban J connectivity index is 2.09. The Labute approximate surface area is 121 Å². The third-order valence-corrected chi connectivity index (χ3v) is 2.47. The quantitative estimate of drug-likeness (QED) is 0.925. The number of benzene rings is 1. The molecule has 0 unspecified atom stereocenters. The summed E-state index contributed by atoms with van der Waals surface area (Å²) in [5.41, 5.74) is 0.142. The predicted molar refractivity (Wildman–Crippen MR) is 73.4 cm³/mol. The van der Waals surface area contributed by atoms with Gasteiger partial charge in [0.2, 0.25) is 5.91 Å². The highest BCUT2D eigenvalue weighted by Gasteiger charge is 2.14. The first-order valence-corrected chi connectivity index (χ1v) is 6.32. The van der Waals surface area contributed by atoms with Crippen LogP contribution in [0.2, 0.25) is 0 Å². The van der Waals surface area contributed by atoms with Gasteiger partial charge in [-0.05, 0) is 49.4 Å². The number of carbonyl (C=O) groups excluding carboxylic acids is 1. The number of nitrogens with one attached hydrogen (secondary N) is 1. The summed E-state index contributed by atoms with van der Waals surface area (Å²) in [7, 11) is 0. The maximum Gasteiger partial charge on any atom is 0.250 e. The zero-order valence-corrected chi connectivity index (χ0v) is 12.0. The molecule has 1 aromatic carbocycles. The molecule has 0 fully saturated rings. The van der Waals surface area contributed by atoms with Crippen molar-refractivity contribution in [2.75, 3.05) is 11.9 Å². The number of carbonyl (C=O) groups is 1. The van der Waals surface area contributed by atoms with E-state index < -0.39 is 17.3 Å². The normalized spacial score (nSPS) is 11.4. The standard InChI is InChI=1S/C13H16FN5O2/c1-13(2,3)21-7-12(20)16-11-6-9(4-5-10(11)14)19-8-15-17-18-19/h4-6,8H,7H2,1-3H3,(H,16,20). The van der Waals surface area contributed by atoms with Crippen LogP contribution in [0.25, 0.3) is 5.69 Å². The van der Waals surface area contributed by atoms with E-state index in [0.717, 1.165) is 0 Å². The molecule has 7 nitrogen and oxygen atoms in total. The average Bonchev–Trinajstić information content (AvgIpc) is 2.92. The number of hydrogen-bond acceptors (Lipinski definition) is 5. The molecule has 2 rings (SSSR count). The Bertz CT molecular complexity index is 622. The Morgan fingerprint density at radius 2 is 2.19 bits per heavy atom. The highest BCUT2D eigenvalue weighted by atomic mass is 19.1. The van der Waals surface area contributed by atoms with Crippen molar-refractivity contribution in [2.24, 2.45) is 0 Å². The van der Waals surface area contributed by atoms with Gasteiger partial charge in [-0.25, -0.2) is 9.07 Å². The van der Waals surface area contributed by atoms with E-state index in [2.05, 4.69) is 20.8 Å². The Morgan fingerprint density at radius 1 is 1.43 bits per heavy atom. The topological polar surface area (TPSA) is 81.9 Å². The monoisotopic (exact) mass is 293 g/mol. The average molecular weight is 293 g/mol. The van der Waals surface area contributed by atoms with Gasteiger partial charge in [0.25, 0.3) is 0 Å². The smallest absolute Gasteiger partial charge is 0.250 e. The number of amides is 1. The van der Waals surface area contributed by atoms with Crippen LogP contribution < -0.4 is 5.32 Å². The van der Waals surface area contributed by atoms with Crippen LogP contribution in [0.1, 0.15) is 20.8 Å². The van der Waals surface area contributed by atoms with Gasteiger partial charge in [0.15, 0.2) is 0 Å². The molecular formula is C13H16FN5O2. The summed E-state index contributed by atoms with van der Waals surface area (Å²) >= 11 is 0. The minimum Gasteiger partial charge on any atom is -0.366 e. The molecule has 1 N–H and O–H groups in total. The number of ether oxygens (including phenoxy) is 1. The van der Waals surface area contributed by atoms with Crippen molar-refractivity contribution in [2.45, 2.75) is 26.4 Å². The lowest BCUT2D eigenvalue weighted by Crippen LogP contribution is -2.27. The van der Waals surface area contributed by atoms with Crippen molar-refractivity contribution in [3.8, 4) is 5.69 Å². The second kappa shape index (κ2) is 5.96. The maximum absolute atomic E-state index is 13.7. The number of tetrazole rings is 1. The first-order valence-electron chi connectivity index (χ1n) is 6.32. The summed E-state index contributed by atoms with van der Waals surface area (Å²) in [5.74, 6) is -0.978. The first-order chi connectivity index (χ1) is 9.85. The molecule has 0 saturated heterocycles. The minimum absolute atomic E-state index is 0.0468. The van der Waals surface area contributed by atoms with Crippen LogP contribution >= 0.6 is 0 Å². The molecule has 0 atom stereocenters. The molecule has 1 heterocycles. The van der Waals surface area contributed by atoms with Crippen molar-refractivity contribution in [3.63, 3.8) is 0 Å². The molecule has 21 heavy (non-hydrogen) atoms. The zero-order chi connectivity index (χ0) is 15.5. The fourth-order valence-electron chi connectivity index (χ4n) is 1.50. The lowest BCUT2D eigenvalue weighted by molar-refractivity contribution is -0.125. The molecule has 0 aliphatic heterocycles. The molecule has 2 aromatic rings. The van der Waals surface area contributed by atoms with Crippen LogP contribution in [-0.2, 0) is 9.53 Å². The van der Waals surface area contributed by atoms with Gasteiger partial charge in [-0.3, -0.25) is 4.79 Å². The third kappa shape index (κ3) is 4.32. The van der Waals surface area contributed by atoms with Gasteiger partial charge in [0.1, 0.15) is 18.8 Å². The predicted octanol–water partition coefficient (Wildman–Crippen LogP) is 1.55. The van der Waals surface area contributed by atoms with Crippen LogP contribution in [0, 0.1) is 5.82 Å². The molecule has 1 aromatic heterocycles. The van der Waals surface area contributed by atoms with Crippen molar-refractivity contribution in [1.82, 2.24) is 20.2 Å². The van der Waals surface area contributed by atoms with Gasteiger partial charge >= 0.3 is 0 Å². The summed E-state index contributed by atoms with van der Waals surface area (Å²) in [5, 5.41) is 13.2. The van der Waals surface area contributed by atoms with E-state index in [4.69, 9.17) is 4.74 Å². The largest absolute Gasteiger partial charge is 0.366 e. The number of nitrogens with zero attached hydrogens (tertiary/aromatic N) is 4. The molecule has 0 bridgehead atoms. The van der Waals surface area contributed by atoms with E-state index in [1.807, 2.05) is 20.8 Å². The fourth-order valence-corrected chi connectivity index (χ4v) is 1.50. The second-order valence-electron chi connectivity index (χ2n) is 5.37. The van der Waals surface area contributed by atoms with Crippen molar-refractivity contribution in [3.05, 3.63) is 30.3 Å². The molecule has 0 spiro atoms. The zero-order valence-electron chi connectivity index (χ0n) is 12.0. The van der Waals surface area contributed by atoms with Gasteiger partial charge in [-0.2, -0.15) is 0 Å². The molecule has 8 heteroatoms. The summed E-state index contributed by atoms with van der Waals surface area (Å²) in [6.07, 6.45) is 1.38. The molecule has 112 valence electrons. The van der Waals surface area contributed by atoms with Gasteiger partial charge in [0, 0.05) is 0 Å². The SMILES string of the molecule is CC(C)(C)OCC(=O)Nc1cc(-n2cnnn2)ccc1F. The van der Waals surface area contributed by atoms with E-state index in [0.29, 0.717) is 5.69 Å². The van der Waals surface area contributed by atoms with Gasteiger partial charge in [-0.1, -0.05) is 0 Å². The summed E-state index contributed by atoms with van der Waals surface area (Å²) in [6.45, 7) is 5.34. The highest BCUT2D eigenvalue weighted by Crippen LogP contribution is 2.18. The van der Waals surface area contributed by atoms with Crippen LogP contribution in [0.4, 0.5) is 10.1 Å². The second-order valence-corrected chi connectivity index (χ2v) is 5.37. The van der Waals surface area contributed by atoms with E-state index in [-0.39, 0.29) is 12.3 Å². The fraction of sp³-hybridized carbons (Fsp3) is 0.385. The molecule has 0 aliphatic rings. The Morgan fingerprint density at radius 3 is 2.81 bits per heavy atom. The molecule has 0 saturated carbocycles. The molecule has 0 radical (unpaired) electrons. The van der Waals surface area contributed by atoms with Crippen LogP contribution in [0.15, 0.2) is 24.5 Å². The van der Waals surface area contributed by atoms with Gasteiger partial charge < -0.3 is 10.1 Å². The third-order valence-electron chi connectivity index (χ3n) is 2.47. The Kier molecular flexibility index (Phi) is 4.27. The number of rotatable bonds is 4. The minimum atomic E-state index is -0.545. The van der Waals surface area contributed by atoms with E-state index in [1.54, 1.807) is 0 Å². The Hall–Kier alpha value is -2.35. The first kappa shape index (κ1) is 15.0. The molecular weight excluding hydrogens is 277 g/mol. The van der Waals surface area contributed by atoms with Crippen LogP contribution in [0.3, 0.4) is 0 Å². The number of aromatic nitrogens is 4. The van der Waals surface area contributed by atoms with Crippen LogP contribution in [-0.4, -0.2) is 38.3 Å². The number of halogens is 1. The van der Waals surface area contributed by atoms with Gasteiger partial charge in [-0.15, -0.1) is 5.10 Å². The number of anilines is 1.